The number of nitrogens with zero attached hydrogens (tertiary/aromatic N) is 2. The van der Waals surface area contributed by atoms with E-state index in [0.717, 1.165) is 27.9 Å². The van der Waals surface area contributed by atoms with Crippen LogP contribution in [-0.4, -0.2) is 36.2 Å². The van der Waals surface area contributed by atoms with Gasteiger partial charge in [0.15, 0.2) is 4.87 Å². The zero-order valence-electron chi connectivity index (χ0n) is 19.6. The Morgan fingerprint density at radius 1 is 1.11 bits per heavy atom. The van der Waals surface area contributed by atoms with Crippen LogP contribution in [0, 0.1) is 12.7 Å². The summed E-state index contributed by atoms with van der Waals surface area (Å²) in [5.74, 6) is 0.737. The molecule has 1 saturated heterocycles. The molecule has 5 rings (SSSR count). The highest BCUT2D eigenvalue weighted by Crippen LogP contribution is 2.55. The second-order valence-corrected chi connectivity index (χ2v) is 9.98. The highest BCUT2D eigenvalue weighted by molar-refractivity contribution is 8.01. The number of aryl methyl sites for hydroxylation is 1. The van der Waals surface area contributed by atoms with Crippen molar-refractivity contribution in [2.24, 2.45) is 0 Å². The summed E-state index contributed by atoms with van der Waals surface area (Å²) in [6, 6.07) is 19.3. The van der Waals surface area contributed by atoms with Gasteiger partial charge in [-0.3, -0.25) is 9.69 Å². The van der Waals surface area contributed by atoms with Crippen LogP contribution < -0.4 is 15.0 Å². The normalized spacial score (nSPS) is 18.8. The lowest BCUT2D eigenvalue weighted by Crippen LogP contribution is -2.53. The minimum atomic E-state index is -1.18. The van der Waals surface area contributed by atoms with Crippen LogP contribution in [0.3, 0.4) is 0 Å². The van der Waals surface area contributed by atoms with Gasteiger partial charge < -0.3 is 15.0 Å². The van der Waals surface area contributed by atoms with E-state index in [2.05, 4.69) is 5.32 Å². The van der Waals surface area contributed by atoms with Crippen molar-refractivity contribution in [1.29, 1.82) is 0 Å². The van der Waals surface area contributed by atoms with E-state index in [-0.39, 0.29) is 24.3 Å². The van der Waals surface area contributed by atoms with Crippen molar-refractivity contribution in [3.8, 4) is 5.75 Å². The third-order valence-electron chi connectivity index (χ3n) is 6.43. The fraction of sp³-hybridized carbons (Fsp3) is 0.259. The van der Waals surface area contributed by atoms with Crippen molar-refractivity contribution in [2.45, 2.75) is 24.9 Å². The molecule has 35 heavy (non-hydrogen) atoms. The third kappa shape index (κ3) is 4.12. The topological polar surface area (TPSA) is 61.9 Å². The Hall–Kier alpha value is -3.52. The summed E-state index contributed by atoms with van der Waals surface area (Å²) in [4.78, 5) is 29.6. The number of rotatable bonds is 5. The molecule has 0 radical (unpaired) electrons. The van der Waals surface area contributed by atoms with Crippen LogP contribution in [0.4, 0.5) is 14.9 Å². The highest BCUT2D eigenvalue weighted by Gasteiger charge is 2.59. The van der Waals surface area contributed by atoms with E-state index in [4.69, 9.17) is 4.74 Å². The summed E-state index contributed by atoms with van der Waals surface area (Å²) in [5.41, 5.74) is 4.38. The summed E-state index contributed by atoms with van der Waals surface area (Å²) >= 11 is 1.46. The van der Waals surface area contributed by atoms with Gasteiger partial charge in [0.05, 0.1) is 19.3 Å². The Morgan fingerprint density at radius 3 is 2.66 bits per heavy atom. The molecule has 0 saturated carbocycles. The van der Waals surface area contributed by atoms with Gasteiger partial charge in [0.2, 0.25) is 0 Å². The van der Waals surface area contributed by atoms with Crippen LogP contribution >= 0.6 is 11.8 Å². The fourth-order valence-electron chi connectivity index (χ4n) is 4.75. The Balaban J connectivity index is 1.48. The number of urea groups is 1. The van der Waals surface area contributed by atoms with E-state index in [1.807, 2.05) is 49.4 Å². The summed E-state index contributed by atoms with van der Waals surface area (Å²) in [6.07, 6.45) is 0. The van der Waals surface area contributed by atoms with Crippen LogP contribution in [-0.2, 0) is 22.8 Å². The average Bonchev–Trinajstić information content (AvgIpc) is 3.41. The van der Waals surface area contributed by atoms with Gasteiger partial charge in [0, 0.05) is 24.4 Å². The second-order valence-electron chi connectivity index (χ2n) is 8.69. The molecule has 2 aliphatic heterocycles. The molecule has 8 heteroatoms. The zero-order valence-corrected chi connectivity index (χ0v) is 20.4. The summed E-state index contributed by atoms with van der Waals surface area (Å²) < 4.78 is 18.9. The molecular formula is C27H26FN3O3S. The van der Waals surface area contributed by atoms with Gasteiger partial charge in [-0.05, 0) is 48.4 Å². The molecule has 0 bridgehead atoms. The molecule has 0 unspecified atom stereocenters. The number of fused-ring (bicyclic) bond motifs is 2. The van der Waals surface area contributed by atoms with Crippen LogP contribution in [0.1, 0.15) is 22.3 Å². The predicted octanol–water partition coefficient (Wildman–Crippen LogP) is 4.80. The van der Waals surface area contributed by atoms with Crippen molar-refractivity contribution in [3.63, 3.8) is 0 Å². The molecule has 3 aromatic rings. The van der Waals surface area contributed by atoms with Crippen molar-refractivity contribution in [2.75, 3.05) is 24.3 Å². The van der Waals surface area contributed by atoms with Gasteiger partial charge >= 0.3 is 6.03 Å². The molecule has 6 nitrogen and oxygen atoms in total. The number of carbonyl (C=O) groups is 2. The smallest absolute Gasteiger partial charge is 0.319 e. The summed E-state index contributed by atoms with van der Waals surface area (Å²) in [5, 5.41) is 3.00. The van der Waals surface area contributed by atoms with E-state index < -0.39 is 4.87 Å². The van der Waals surface area contributed by atoms with Crippen molar-refractivity contribution in [3.05, 3.63) is 94.8 Å². The monoisotopic (exact) mass is 491 g/mol. The minimum absolute atomic E-state index is 0.182. The second kappa shape index (κ2) is 9.26. The van der Waals surface area contributed by atoms with Crippen molar-refractivity contribution < 1.29 is 18.7 Å². The number of amides is 3. The molecule has 180 valence electrons. The number of anilines is 1. The van der Waals surface area contributed by atoms with Crippen LogP contribution in [0.5, 0.6) is 5.75 Å². The van der Waals surface area contributed by atoms with Crippen LogP contribution in [0.25, 0.3) is 0 Å². The maximum absolute atomic E-state index is 14.1. The lowest BCUT2D eigenvalue weighted by Gasteiger charge is -2.33. The maximum atomic E-state index is 14.1. The van der Waals surface area contributed by atoms with Gasteiger partial charge in [0.1, 0.15) is 11.6 Å². The Bertz CT molecular complexity index is 1280. The standard InChI is InChI=1S/C27H26FN3O3S/c1-18-4-3-5-20(14-18)16-29-26(33)31-12-13-35-27(31)23-15-22(34-2)10-11-24(23)30(25(27)32)17-19-6-8-21(28)9-7-19/h3-11,14-15H,12-13,16-17H2,1-2H3,(H,29,33)/t27-/m0/s1. The first-order chi connectivity index (χ1) is 16.9. The van der Waals surface area contributed by atoms with Gasteiger partial charge in [-0.2, -0.15) is 0 Å². The number of methoxy groups -OCH3 is 1. The molecule has 1 N–H and O–H groups in total. The third-order valence-corrected chi connectivity index (χ3v) is 7.85. The molecule has 2 aliphatic rings. The van der Waals surface area contributed by atoms with Gasteiger partial charge in [0.25, 0.3) is 5.91 Å². The highest BCUT2D eigenvalue weighted by atomic mass is 32.2. The molecule has 1 fully saturated rings. The number of thioether (sulfide) groups is 1. The first kappa shape index (κ1) is 23.2. The number of halogens is 1. The lowest BCUT2D eigenvalue weighted by atomic mass is 10.1. The summed E-state index contributed by atoms with van der Waals surface area (Å²) in [7, 11) is 1.58. The number of benzene rings is 3. The molecule has 1 spiro atoms. The molecule has 0 aliphatic carbocycles. The van der Waals surface area contributed by atoms with E-state index >= 15 is 0 Å². The Morgan fingerprint density at radius 2 is 1.91 bits per heavy atom. The zero-order chi connectivity index (χ0) is 24.6. The molecular weight excluding hydrogens is 465 g/mol. The first-order valence-electron chi connectivity index (χ1n) is 11.4. The molecule has 3 aromatic carbocycles. The van der Waals surface area contributed by atoms with Crippen LogP contribution in [0.15, 0.2) is 66.7 Å². The van der Waals surface area contributed by atoms with E-state index in [0.29, 0.717) is 24.6 Å². The van der Waals surface area contributed by atoms with Crippen LogP contribution in [0.2, 0.25) is 0 Å². The minimum Gasteiger partial charge on any atom is -0.497 e. The lowest BCUT2D eigenvalue weighted by molar-refractivity contribution is -0.123. The number of ether oxygens (including phenoxy) is 1. The number of carbonyl (C=O) groups excluding carboxylic acids is 2. The average molecular weight is 492 g/mol. The molecule has 3 amide bonds. The van der Waals surface area contributed by atoms with E-state index in [1.54, 1.807) is 29.0 Å². The van der Waals surface area contributed by atoms with Crippen molar-refractivity contribution >= 4 is 29.4 Å². The van der Waals surface area contributed by atoms with E-state index in [9.17, 15) is 14.0 Å². The summed E-state index contributed by atoms with van der Waals surface area (Å²) in [6.45, 7) is 3.10. The SMILES string of the molecule is COc1ccc2c(c1)[C@]1(SCCN1C(=O)NCc1cccc(C)c1)C(=O)N2Cc1ccc(F)cc1. The molecule has 0 aromatic heterocycles. The van der Waals surface area contributed by atoms with Gasteiger partial charge in [-0.1, -0.05) is 42.0 Å². The fourth-order valence-corrected chi connectivity index (χ4v) is 6.20. The van der Waals surface area contributed by atoms with Gasteiger partial charge in [-0.25, -0.2) is 9.18 Å². The molecule has 1 atom stereocenters. The largest absolute Gasteiger partial charge is 0.497 e. The number of hydrogen-bond acceptors (Lipinski definition) is 4. The Kier molecular flexibility index (Phi) is 6.15. The predicted molar refractivity (Wildman–Crippen MR) is 135 cm³/mol. The number of nitrogens with one attached hydrogen (secondary N) is 1. The number of hydrogen-bond donors (Lipinski definition) is 1. The first-order valence-corrected chi connectivity index (χ1v) is 12.4. The Labute approximate surface area is 208 Å². The van der Waals surface area contributed by atoms with Gasteiger partial charge in [-0.15, -0.1) is 11.8 Å². The maximum Gasteiger partial charge on any atom is 0.319 e. The quantitative estimate of drug-likeness (QED) is 0.557. The van der Waals surface area contributed by atoms with Crippen molar-refractivity contribution in [1.82, 2.24) is 10.2 Å². The molecule has 2 heterocycles. The van der Waals surface area contributed by atoms with E-state index in [1.165, 1.54) is 23.9 Å².